The van der Waals surface area contributed by atoms with Crippen molar-refractivity contribution in [3.05, 3.63) is 52.5 Å². The summed E-state index contributed by atoms with van der Waals surface area (Å²) >= 11 is 3.28. The molecule has 1 aliphatic rings. The molecule has 0 spiro atoms. The molecular formula is C14H10BrNO4S. The molecule has 0 radical (unpaired) electrons. The molecule has 1 aliphatic heterocycles. The predicted molar refractivity (Wildman–Crippen MR) is 81.1 cm³/mol. The molecule has 2 aromatic carbocycles. The molecule has 3 rings (SSSR count). The van der Waals surface area contributed by atoms with Gasteiger partial charge in [0.15, 0.2) is 0 Å². The minimum atomic E-state index is -3.92. The zero-order valence-electron chi connectivity index (χ0n) is 10.9. The highest BCUT2D eigenvalue weighted by Crippen LogP contribution is 2.40. The first-order valence-electron chi connectivity index (χ1n) is 5.99. The molecule has 5 nitrogen and oxygen atoms in total. The minimum absolute atomic E-state index is 0.0111. The Labute approximate surface area is 130 Å². The number of hydrogen-bond acceptors (Lipinski definition) is 4. The molecule has 1 heterocycles. The molecule has 7 heteroatoms. The quantitative estimate of drug-likeness (QED) is 0.818. The number of halogens is 1. The smallest absolute Gasteiger partial charge is 0.273 e. The molecular weight excluding hydrogens is 358 g/mol. The van der Waals surface area contributed by atoms with Crippen LogP contribution in [0.2, 0.25) is 0 Å². The van der Waals surface area contributed by atoms with Crippen LogP contribution >= 0.6 is 15.9 Å². The van der Waals surface area contributed by atoms with Gasteiger partial charge >= 0.3 is 0 Å². The number of nitrogens with zero attached hydrogens (tertiary/aromatic N) is 1. The van der Waals surface area contributed by atoms with E-state index in [1.54, 1.807) is 30.3 Å². The summed E-state index contributed by atoms with van der Waals surface area (Å²) in [5.74, 6) is -0.273. The third-order valence-electron chi connectivity index (χ3n) is 3.18. The monoisotopic (exact) mass is 367 g/mol. The molecule has 0 saturated carbocycles. The molecule has 0 aromatic heterocycles. The third-order valence-corrected chi connectivity index (χ3v) is 5.43. The van der Waals surface area contributed by atoms with Crippen molar-refractivity contribution in [1.82, 2.24) is 0 Å². The van der Waals surface area contributed by atoms with Crippen LogP contribution in [0.1, 0.15) is 10.4 Å². The number of carbonyl (C=O) groups excluding carboxylic acids is 1. The summed E-state index contributed by atoms with van der Waals surface area (Å²) in [6.07, 6.45) is 0. The second-order valence-electron chi connectivity index (χ2n) is 4.39. The maximum Gasteiger partial charge on any atom is 0.273 e. The SMILES string of the molecule is COc1ccc(Br)cc1N1C(=O)c2ccccc2S1(=O)=O. The van der Waals surface area contributed by atoms with Crippen LogP contribution in [0.15, 0.2) is 51.8 Å². The summed E-state index contributed by atoms with van der Waals surface area (Å²) in [7, 11) is -2.49. The predicted octanol–water partition coefficient (Wildman–Crippen LogP) is 2.81. The van der Waals surface area contributed by atoms with E-state index in [1.807, 2.05) is 0 Å². The number of methoxy groups -OCH3 is 1. The lowest BCUT2D eigenvalue weighted by atomic mass is 10.2. The van der Waals surface area contributed by atoms with E-state index in [4.69, 9.17) is 4.74 Å². The average molecular weight is 368 g/mol. The number of amides is 1. The standard InChI is InChI=1S/C14H10BrNO4S/c1-20-12-7-6-9(15)8-11(12)16-14(17)10-4-2-3-5-13(10)21(16,18)19/h2-8H,1H3. The van der Waals surface area contributed by atoms with Crippen LogP contribution in [-0.2, 0) is 10.0 Å². The van der Waals surface area contributed by atoms with Crippen molar-refractivity contribution in [2.24, 2.45) is 0 Å². The van der Waals surface area contributed by atoms with Crippen molar-refractivity contribution in [2.75, 3.05) is 11.4 Å². The number of anilines is 1. The Morgan fingerprint density at radius 3 is 2.52 bits per heavy atom. The van der Waals surface area contributed by atoms with Gasteiger partial charge in [-0.05, 0) is 30.3 Å². The summed E-state index contributed by atoms with van der Waals surface area (Å²) in [4.78, 5) is 12.5. The van der Waals surface area contributed by atoms with E-state index in [9.17, 15) is 13.2 Å². The maximum absolute atomic E-state index is 12.6. The summed E-state index contributed by atoms with van der Waals surface area (Å²) < 4.78 is 31.8. The summed E-state index contributed by atoms with van der Waals surface area (Å²) in [6.45, 7) is 0. The second-order valence-corrected chi connectivity index (χ2v) is 7.06. The highest BCUT2D eigenvalue weighted by atomic mass is 79.9. The van der Waals surface area contributed by atoms with E-state index in [2.05, 4.69) is 15.9 Å². The number of carbonyl (C=O) groups is 1. The van der Waals surface area contributed by atoms with Gasteiger partial charge in [-0.2, -0.15) is 4.31 Å². The lowest BCUT2D eigenvalue weighted by Crippen LogP contribution is -2.30. The number of hydrogen-bond donors (Lipinski definition) is 0. The molecule has 0 aliphatic carbocycles. The summed E-state index contributed by atoms with van der Waals surface area (Å²) in [5, 5.41) is 0. The van der Waals surface area contributed by atoms with Crippen LogP contribution in [-0.4, -0.2) is 21.4 Å². The Hall–Kier alpha value is -1.86. The molecule has 0 N–H and O–H groups in total. The Bertz CT molecular complexity index is 848. The Kier molecular flexibility index (Phi) is 3.26. The van der Waals surface area contributed by atoms with Gasteiger partial charge in [0.05, 0.1) is 12.7 Å². The van der Waals surface area contributed by atoms with Crippen molar-refractivity contribution < 1.29 is 17.9 Å². The second kappa shape index (κ2) is 4.85. The highest BCUT2D eigenvalue weighted by molar-refractivity contribution is 9.10. The van der Waals surface area contributed by atoms with Gasteiger partial charge in [0.1, 0.15) is 16.3 Å². The van der Waals surface area contributed by atoms with Gasteiger partial charge in [-0.25, -0.2) is 8.42 Å². The van der Waals surface area contributed by atoms with Crippen molar-refractivity contribution in [2.45, 2.75) is 4.90 Å². The van der Waals surface area contributed by atoms with E-state index < -0.39 is 15.9 Å². The van der Waals surface area contributed by atoms with Crippen LogP contribution < -0.4 is 9.04 Å². The van der Waals surface area contributed by atoms with Crippen LogP contribution in [0.4, 0.5) is 5.69 Å². The Morgan fingerprint density at radius 1 is 1.14 bits per heavy atom. The number of fused-ring (bicyclic) bond motifs is 1. The van der Waals surface area contributed by atoms with E-state index in [1.165, 1.54) is 19.2 Å². The molecule has 21 heavy (non-hydrogen) atoms. The third kappa shape index (κ3) is 2.04. The number of sulfonamides is 1. The molecule has 0 bridgehead atoms. The number of ether oxygens (including phenoxy) is 1. The first-order chi connectivity index (χ1) is 9.96. The number of benzene rings is 2. The average Bonchev–Trinajstić information content (AvgIpc) is 2.67. The van der Waals surface area contributed by atoms with Crippen LogP contribution in [0.5, 0.6) is 5.75 Å². The van der Waals surface area contributed by atoms with Gasteiger partial charge in [0.2, 0.25) is 0 Å². The van der Waals surface area contributed by atoms with Gasteiger partial charge in [0, 0.05) is 4.47 Å². The Balaban J connectivity index is 2.27. The zero-order chi connectivity index (χ0) is 15.2. The van der Waals surface area contributed by atoms with Crippen molar-refractivity contribution in [3.63, 3.8) is 0 Å². The van der Waals surface area contributed by atoms with Crippen molar-refractivity contribution in [1.29, 1.82) is 0 Å². The van der Waals surface area contributed by atoms with Crippen molar-refractivity contribution in [3.8, 4) is 5.75 Å². The fourth-order valence-electron chi connectivity index (χ4n) is 2.25. The van der Waals surface area contributed by atoms with E-state index in [0.29, 0.717) is 10.2 Å². The fourth-order valence-corrected chi connectivity index (χ4v) is 4.19. The van der Waals surface area contributed by atoms with E-state index >= 15 is 0 Å². The first-order valence-corrected chi connectivity index (χ1v) is 8.22. The Morgan fingerprint density at radius 2 is 1.86 bits per heavy atom. The van der Waals surface area contributed by atoms with Gasteiger partial charge < -0.3 is 4.74 Å². The molecule has 0 saturated heterocycles. The lowest BCUT2D eigenvalue weighted by Gasteiger charge is -2.18. The highest BCUT2D eigenvalue weighted by Gasteiger charge is 2.43. The van der Waals surface area contributed by atoms with Gasteiger partial charge in [0.25, 0.3) is 15.9 Å². The normalized spacial score (nSPS) is 15.9. The van der Waals surface area contributed by atoms with Crippen molar-refractivity contribution >= 4 is 37.5 Å². The van der Waals surface area contributed by atoms with Gasteiger partial charge in [-0.15, -0.1) is 0 Å². The number of rotatable bonds is 2. The van der Waals surface area contributed by atoms with Crippen LogP contribution in [0.3, 0.4) is 0 Å². The summed E-state index contributed by atoms with van der Waals surface area (Å²) in [6, 6.07) is 11.0. The fraction of sp³-hybridized carbons (Fsp3) is 0.0714. The molecule has 108 valence electrons. The topological polar surface area (TPSA) is 63.7 Å². The lowest BCUT2D eigenvalue weighted by molar-refractivity contribution is 0.101. The molecule has 2 aromatic rings. The zero-order valence-corrected chi connectivity index (χ0v) is 13.3. The molecule has 0 fully saturated rings. The molecule has 0 unspecified atom stereocenters. The van der Waals surface area contributed by atoms with E-state index in [-0.39, 0.29) is 16.1 Å². The minimum Gasteiger partial charge on any atom is -0.495 e. The van der Waals surface area contributed by atoms with Crippen LogP contribution in [0.25, 0.3) is 0 Å². The van der Waals surface area contributed by atoms with E-state index in [0.717, 1.165) is 4.31 Å². The summed E-state index contributed by atoms with van der Waals surface area (Å²) in [5.41, 5.74) is 0.354. The molecule has 0 atom stereocenters. The van der Waals surface area contributed by atoms with Crippen LogP contribution in [0, 0.1) is 0 Å². The first kappa shape index (κ1) is 14.1. The van der Waals surface area contributed by atoms with Gasteiger partial charge in [-0.1, -0.05) is 28.1 Å². The largest absolute Gasteiger partial charge is 0.495 e. The van der Waals surface area contributed by atoms with Gasteiger partial charge in [-0.3, -0.25) is 4.79 Å². The maximum atomic E-state index is 12.6. The molecule has 1 amide bonds.